The summed E-state index contributed by atoms with van der Waals surface area (Å²) in [5.74, 6) is 0.129. The number of aromatic nitrogens is 2. The fourth-order valence-electron chi connectivity index (χ4n) is 3.15. The van der Waals surface area contributed by atoms with Crippen molar-refractivity contribution in [3.8, 4) is 0 Å². The maximum Gasteiger partial charge on any atom is 0.234 e. The van der Waals surface area contributed by atoms with E-state index in [-0.39, 0.29) is 5.91 Å². The molecule has 2 aromatic rings. The van der Waals surface area contributed by atoms with E-state index in [4.69, 9.17) is 0 Å². The number of carbonyl (C=O) groups excluding carboxylic acids is 1. The average Bonchev–Trinajstić information content (AvgIpc) is 3.26. The molecular weight excluding hydrogens is 308 g/mol. The molecule has 1 saturated heterocycles. The van der Waals surface area contributed by atoms with Crippen LogP contribution >= 0.6 is 11.3 Å². The van der Waals surface area contributed by atoms with Crippen LogP contribution in [0, 0.1) is 0 Å². The van der Waals surface area contributed by atoms with Crippen LogP contribution < -0.4 is 5.32 Å². The Hall–Kier alpha value is -1.66. The van der Waals surface area contributed by atoms with Crippen LogP contribution in [0.5, 0.6) is 0 Å². The third kappa shape index (κ3) is 4.91. The number of likely N-dealkylation sites (tertiary alicyclic amines) is 1. The van der Waals surface area contributed by atoms with Crippen LogP contribution in [0.4, 0.5) is 0 Å². The van der Waals surface area contributed by atoms with Gasteiger partial charge in [-0.2, -0.15) is 5.10 Å². The van der Waals surface area contributed by atoms with Gasteiger partial charge in [0.2, 0.25) is 5.91 Å². The third-order valence-electron chi connectivity index (χ3n) is 4.39. The summed E-state index contributed by atoms with van der Waals surface area (Å²) in [6.07, 6.45) is 8.50. The molecule has 1 fully saturated rings. The van der Waals surface area contributed by atoms with E-state index in [1.54, 1.807) is 11.3 Å². The van der Waals surface area contributed by atoms with Gasteiger partial charge in [0.25, 0.3) is 0 Å². The first kappa shape index (κ1) is 16.2. The quantitative estimate of drug-likeness (QED) is 0.847. The third-order valence-corrected chi connectivity index (χ3v) is 5.26. The number of piperidine rings is 1. The zero-order valence-electron chi connectivity index (χ0n) is 13.4. The second-order valence-electron chi connectivity index (χ2n) is 6.03. The van der Waals surface area contributed by atoms with E-state index in [9.17, 15) is 4.79 Å². The topological polar surface area (TPSA) is 50.2 Å². The first-order chi connectivity index (χ1) is 11.3. The zero-order chi connectivity index (χ0) is 15.9. The van der Waals surface area contributed by atoms with Gasteiger partial charge in [-0.3, -0.25) is 14.4 Å². The standard InChI is InChI=1S/C17H24N4OS/c22-17(18-13-16-6-3-12-23-16)14-20-9-2-1-5-15(20)7-11-21-10-4-8-19-21/h3-4,6,8,10,12,15H,1-2,5,7,9,11,13-14H2,(H,18,22)/t15-/m0/s1. The molecule has 5 nitrogen and oxygen atoms in total. The van der Waals surface area contributed by atoms with E-state index >= 15 is 0 Å². The molecule has 1 atom stereocenters. The van der Waals surface area contributed by atoms with Crippen molar-refractivity contribution in [2.45, 2.75) is 44.8 Å². The Morgan fingerprint density at radius 3 is 3.13 bits per heavy atom. The molecule has 124 valence electrons. The van der Waals surface area contributed by atoms with Crippen LogP contribution in [0.1, 0.15) is 30.6 Å². The molecule has 0 radical (unpaired) electrons. The smallest absolute Gasteiger partial charge is 0.234 e. The Labute approximate surface area is 141 Å². The maximum absolute atomic E-state index is 12.2. The monoisotopic (exact) mass is 332 g/mol. The van der Waals surface area contributed by atoms with Gasteiger partial charge in [-0.15, -0.1) is 11.3 Å². The van der Waals surface area contributed by atoms with Crippen molar-refractivity contribution >= 4 is 17.2 Å². The molecule has 0 bridgehead atoms. The summed E-state index contributed by atoms with van der Waals surface area (Å²) >= 11 is 1.68. The Balaban J connectivity index is 1.46. The second kappa shape index (κ2) is 8.26. The summed E-state index contributed by atoms with van der Waals surface area (Å²) in [5, 5.41) is 9.34. The number of hydrogen-bond donors (Lipinski definition) is 1. The number of rotatable bonds is 7. The molecule has 0 aromatic carbocycles. The van der Waals surface area contributed by atoms with E-state index in [0.29, 0.717) is 19.1 Å². The largest absolute Gasteiger partial charge is 0.350 e. The second-order valence-corrected chi connectivity index (χ2v) is 7.07. The average molecular weight is 332 g/mol. The lowest BCUT2D eigenvalue weighted by molar-refractivity contribution is -0.123. The minimum atomic E-state index is 0.129. The number of hydrogen-bond acceptors (Lipinski definition) is 4. The first-order valence-corrected chi connectivity index (χ1v) is 9.20. The number of carbonyl (C=O) groups is 1. The lowest BCUT2D eigenvalue weighted by Crippen LogP contribution is -2.45. The zero-order valence-corrected chi connectivity index (χ0v) is 14.2. The van der Waals surface area contributed by atoms with Crippen molar-refractivity contribution in [1.82, 2.24) is 20.0 Å². The summed E-state index contributed by atoms with van der Waals surface area (Å²) in [7, 11) is 0. The molecule has 3 rings (SSSR count). The highest BCUT2D eigenvalue weighted by atomic mass is 32.1. The van der Waals surface area contributed by atoms with Crippen molar-refractivity contribution in [3.63, 3.8) is 0 Å². The van der Waals surface area contributed by atoms with Crippen molar-refractivity contribution < 1.29 is 4.79 Å². The maximum atomic E-state index is 12.2. The lowest BCUT2D eigenvalue weighted by atomic mass is 9.99. The van der Waals surface area contributed by atoms with Crippen molar-refractivity contribution in [3.05, 3.63) is 40.8 Å². The van der Waals surface area contributed by atoms with E-state index in [2.05, 4.69) is 21.4 Å². The van der Waals surface area contributed by atoms with E-state index in [0.717, 1.165) is 19.5 Å². The molecule has 1 aliphatic heterocycles. The van der Waals surface area contributed by atoms with E-state index in [1.807, 2.05) is 34.6 Å². The van der Waals surface area contributed by atoms with Crippen LogP contribution in [0.15, 0.2) is 36.0 Å². The minimum Gasteiger partial charge on any atom is -0.350 e. The Bertz CT molecular complexity index is 582. The number of nitrogens with zero attached hydrogens (tertiary/aromatic N) is 3. The van der Waals surface area contributed by atoms with Crippen LogP contribution in [0.2, 0.25) is 0 Å². The van der Waals surface area contributed by atoms with Gasteiger partial charge in [0.05, 0.1) is 13.1 Å². The highest BCUT2D eigenvalue weighted by Gasteiger charge is 2.24. The fourth-order valence-corrected chi connectivity index (χ4v) is 3.79. The molecule has 3 heterocycles. The van der Waals surface area contributed by atoms with Gasteiger partial charge in [0.1, 0.15) is 0 Å². The highest BCUT2D eigenvalue weighted by Crippen LogP contribution is 2.20. The molecule has 0 aliphatic carbocycles. The highest BCUT2D eigenvalue weighted by molar-refractivity contribution is 7.09. The minimum absolute atomic E-state index is 0.129. The Morgan fingerprint density at radius 2 is 2.35 bits per heavy atom. The van der Waals surface area contributed by atoms with Gasteiger partial charge in [0, 0.05) is 29.9 Å². The lowest BCUT2D eigenvalue weighted by Gasteiger charge is -2.35. The molecule has 1 aliphatic rings. The van der Waals surface area contributed by atoms with Crippen LogP contribution in [0.3, 0.4) is 0 Å². The van der Waals surface area contributed by atoms with Gasteiger partial charge in [0.15, 0.2) is 0 Å². The molecule has 0 unspecified atom stereocenters. The molecule has 0 spiro atoms. The molecule has 23 heavy (non-hydrogen) atoms. The van der Waals surface area contributed by atoms with Crippen molar-refractivity contribution in [2.24, 2.45) is 0 Å². The first-order valence-electron chi connectivity index (χ1n) is 8.32. The molecule has 6 heteroatoms. The molecule has 2 aromatic heterocycles. The number of aryl methyl sites for hydroxylation is 1. The molecule has 1 N–H and O–H groups in total. The summed E-state index contributed by atoms with van der Waals surface area (Å²) in [4.78, 5) is 15.8. The number of thiophene rings is 1. The molecule has 0 saturated carbocycles. The van der Waals surface area contributed by atoms with Crippen LogP contribution in [-0.2, 0) is 17.9 Å². The normalized spacial score (nSPS) is 18.9. The SMILES string of the molecule is O=C(CN1CCCC[C@H]1CCn1cccn1)NCc1cccs1. The van der Waals surface area contributed by atoms with Crippen molar-refractivity contribution in [1.29, 1.82) is 0 Å². The van der Waals surface area contributed by atoms with Gasteiger partial charge >= 0.3 is 0 Å². The Kier molecular flexibility index (Phi) is 5.82. The molecule has 1 amide bonds. The van der Waals surface area contributed by atoms with Gasteiger partial charge in [-0.1, -0.05) is 12.5 Å². The number of amides is 1. The summed E-state index contributed by atoms with van der Waals surface area (Å²) in [6, 6.07) is 6.51. The summed E-state index contributed by atoms with van der Waals surface area (Å²) in [5.41, 5.74) is 0. The van der Waals surface area contributed by atoms with Gasteiger partial charge in [-0.05, 0) is 43.3 Å². The fraction of sp³-hybridized carbons (Fsp3) is 0.529. The van der Waals surface area contributed by atoms with Gasteiger partial charge in [-0.25, -0.2) is 0 Å². The predicted molar refractivity (Wildman–Crippen MR) is 92.2 cm³/mol. The Morgan fingerprint density at radius 1 is 1.39 bits per heavy atom. The van der Waals surface area contributed by atoms with E-state index < -0.39 is 0 Å². The predicted octanol–water partition coefficient (Wildman–Crippen LogP) is 2.51. The summed E-state index contributed by atoms with van der Waals surface area (Å²) in [6.45, 7) is 3.10. The van der Waals surface area contributed by atoms with Crippen LogP contribution in [-0.4, -0.2) is 39.7 Å². The van der Waals surface area contributed by atoms with Crippen molar-refractivity contribution in [2.75, 3.05) is 13.1 Å². The summed E-state index contributed by atoms with van der Waals surface area (Å²) < 4.78 is 1.98. The van der Waals surface area contributed by atoms with Crippen LogP contribution in [0.25, 0.3) is 0 Å². The number of nitrogens with one attached hydrogen (secondary N) is 1. The van der Waals surface area contributed by atoms with E-state index in [1.165, 1.54) is 24.1 Å². The molecular formula is C17H24N4OS. The van der Waals surface area contributed by atoms with Gasteiger partial charge < -0.3 is 5.32 Å².